The predicted octanol–water partition coefficient (Wildman–Crippen LogP) is 2.73. The highest BCUT2D eigenvalue weighted by Crippen LogP contribution is 2.40. The fourth-order valence-corrected chi connectivity index (χ4v) is 5.87. The minimum Gasteiger partial charge on any atom is -0.495 e. The zero-order chi connectivity index (χ0) is 24.5. The molecule has 0 radical (unpaired) electrons. The Morgan fingerprint density at radius 2 is 1.88 bits per heavy atom. The lowest BCUT2D eigenvalue weighted by Crippen LogP contribution is -2.40. The van der Waals surface area contributed by atoms with E-state index in [1.807, 2.05) is 19.9 Å². The summed E-state index contributed by atoms with van der Waals surface area (Å²) in [7, 11) is -2.31. The number of nitrogens with one attached hydrogen (secondary N) is 1. The van der Waals surface area contributed by atoms with Gasteiger partial charge in [-0.1, -0.05) is 13.0 Å². The quantitative estimate of drug-likeness (QED) is 0.638. The number of ketones is 1. The summed E-state index contributed by atoms with van der Waals surface area (Å²) in [5, 5.41) is 2.66. The Morgan fingerprint density at radius 1 is 1.18 bits per heavy atom. The molecular weight excluding hydrogens is 460 g/mol. The number of rotatable bonds is 7. The number of carbonyl (C=O) groups excluding carboxylic acids is 2. The summed E-state index contributed by atoms with van der Waals surface area (Å²) in [6, 6.07) is 7.89. The molecule has 1 heterocycles. The molecule has 10 heteroatoms. The highest BCUT2D eigenvalue weighted by Gasteiger charge is 2.31. The number of ether oxygens (including phenoxy) is 3. The number of fused-ring (bicyclic) bond motifs is 1. The van der Waals surface area contributed by atoms with Crippen LogP contribution in [0.15, 0.2) is 35.2 Å². The third-order valence-electron chi connectivity index (χ3n) is 6.10. The highest BCUT2D eigenvalue weighted by atomic mass is 32.2. The van der Waals surface area contributed by atoms with E-state index in [0.29, 0.717) is 36.7 Å². The number of benzene rings is 2. The van der Waals surface area contributed by atoms with Crippen molar-refractivity contribution < 1.29 is 32.2 Å². The molecule has 0 bridgehead atoms. The topological polar surface area (TPSA) is 111 Å². The second-order valence-corrected chi connectivity index (χ2v) is 10.4. The van der Waals surface area contributed by atoms with Gasteiger partial charge in [0.1, 0.15) is 11.5 Å². The van der Waals surface area contributed by atoms with Crippen LogP contribution < -0.4 is 14.8 Å². The van der Waals surface area contributed by atoms with Crippen molar-refractivity contribution in [2.75, 3.05) is 45.3 Å². The molecule has 2 aliphatic rings. The van der Waals surface area contributed by atoms with E-state index >= 15 is 0 Å². The summed E-state index contributed by atoms with van der Waals surface area (Å²) in [5.41, 5.74) is 2.74. The number of amides is 1. The van der Waals surface area contributed by atoms with Gasteiger partial charge in [0.15, 0.2) is 12.4 Å². The average Bonchev–Trinajstić information content (AvgIpc) is 3.14. The fraction of sp³-hybridized carbons (Fsp3) is 0.417. The lowest BCUT2D eigenvalue weighted by atomic mass is 9.97. The number of nitrogens with zero attached hydrogens (tertiary/aromatic N) is 1. The molecule has 1 aliphatic carbocycles. The first kappa shape index (κ1) is 24.2. The molecule has 34 heavy (non-hydrogen) atoms. The van der Waals surface area contributed by atoms with Gasteiger partial charge in [-0.2, -0.15) is 4.31 Å². The van der Waals surface area contributed by atoms with Crippen LogP contribution in [0.3, 0.4) is 0 Å². The Balaban J connectivity index is 1.50. The van der Waals surface area contributed by atoms with Crippen molar-refractivity contribution in [2.45, 2.75) is 31.1 Å². The van der Waals surface area contributed by atoms with E-state index in [2.05, 4.69) is 5.32 Å². The maximum absolute atomic E-state index is 13.0. The smallest absolute Gasteiger partial charge is 0.262 e. The Hall–Kier alpha value is -2.95. The minimum absolute atomic E-state index is 0.00398. The lowest BCUT2D eigenvalue weighted by Gasteiger charge is -2.26. The van der Waals surface area contributed by atoms with Crippen LogP contribution in [0, 0.1) is 6.92 Å². The van der Waals surface area contributed by atoms with Gasteiger partial charge in [-0.15, -0.1) is 0 Å². The van der Waals surface area contributed by atoms with Gasteiger partial charge in [-0.3, -0.25) is 9.59 Å². The van der Waals surface area contributed by atoms with Crippen LogP contribution in [0.5, 0.6) is 11.5 Å². The van der Waals surface area contributed by atoms with Gasteiger partial charge in [-0.05, 0) is 48.2 Å². The zero-order valence-electron chi connectivity index (χ0n) is 19.4. The van der Waals surface area contributed by atoms with E-state index < -0.39 is 15.9 Å². The van der Waals surface area contributed by atoms with Gasteiger partial charge in [0, 0.05) is 19.5 Å². The molecule has 0 saturated carbocycles. The van der Waals surface area contributed by atoms with Crippen molar-refractivity contribution in [3.8, 4) is 11.5 Å². The number of carbonyl (C=O) groups is 2. The summed E-state index contributed by atoms with van der Waals surface area (Å²) in [6.45, 7) is 4.80. The number of sulfonamides is 1. The van der Waals surface area contributed by atoms with Crippen LogP contribution in [-0.2, 0) is 19.6 Å². The number of hydrogen-bond acceptors (Lipinski definition) is 7. The van der Waals surface area contributed by atoms with Crippen LogP contribution in [0.2, 0.25) is 0 Å². The van der Waals surface area contributed by atoms with Crippen molar-refractivity contribution in [3.05, 3.63) is 47.0 Å². The molecule has 2 aromatic carbocycles. The summed E-state index contributed by atoms with van der Waals surface area (Å²) >= 11 is 0. The molecular formula is C24H28N2O7S. The number of aryl methyl sites for hydroxylation is 1. The fourth-order valence-electron chi connectivity index (χ4n) is 4.44. The second-order valence-electron chi connectivity index (χ2n) is 8.41. The molecule has 0 aromatic heterocycles. The van der Waals surface area contributed by atoms with E-state index in [4.69, 9.17) is 14.2 Å². The molecule has 1 atom stereocenters. The van der Waals surface area contributed by atoms with Crippen molar-refractivity contribution >= 4 is 27.4 Å². The summed E-state index contributed by atoms with van der Waals surface area (Å²) in [4.78, 5) is 25.2. The first-order valence-corrected chi connectivity index (χ1v) is 12.5. The number of Topliss-reactive ketones (excluding diaryl/α,β-unsaturated/α-hetero) is 1. The monoisotopic (exact) mass is 488 g/mol. The van der Waals surface area contributed by atoms with Crippen LogP contribution in [0.4, 0.5) is 5.69 Å². The molecule has 182 valence electrons. The summed E-state index contributed by atoms with van der Waals surface area (Å²) in [5.74, 6) is 0.298. The molecule has 1 amide bonds. The van der Waals surface area contributed by atoms with E-state index in [1.54, 1.807) is 6.07 Å². The van der Waals surface area contributed by atoms with E-state index in [9.17, 15) is 18.0 Å². The normalized spacial score (nSPS) is 18.4. The Labute approximate surface area is 199 Å². The van der Waals surface area contributed by atoms with Gasteiger partial charge in [0.25, 0.3) is 5.91 Å². The largest absolute Gasteiger partial charge is 0.495 e. The Morgan fingerprint density at radius 3 is 2.59 bits per heavy atom. The molecule has 1 aliphatic heterocycles. The summed E-state index contributed by atoms with van der Waals surface area (Å²) in [6.07, 6.45) is 0.421. The molecule has 9 nitrogen and oxygen atoms in total. The van der Waals surface area contributed by atoms with Gasteiger partial charge in [-0.25, -0.2) is 8.42 Å². The van der Waals surface area contributed by atoms with Crippen LogP contribution in [0.1, 0.15) is 40.7 Å². The standard InChI is InChI=1S/C24H28N2O7S/c1-15-4-6-21(24-19(27)12-16(2)23(15)24)33-14-22(28)25-18-13-17(5-7-20(18)31-3)34(29,30)26-8-10-32-11-9-26/h4-7,13,16H,8-12,14H2,1-3H3,(H,25,28). The van der Waals surface area contributed by atoms with Crippen LogP contribution in [0.25, 0.3) is 0 Å². The first-order chi connectivity index (χ1) is 16.2. The Kier molecular flexibility index (Phi) is 6.92. The van der Waals surface area contributed by atoms with Crippen molar-refractivity contribution in [3.63, 3.8) is 0 Å². The molecule has 4 rings (SSSR count). The molecule has 2 aromatic rings. The molecule has 0 spiro atoms. The lowest BCUT2D eigenvalue weighted by molar-refractivity contribution is -0.118. The molecule has 1 N–H and O–H groups in total. The van der Waals surface area contributed by atoms with Gasteiger partial charge in [0.05, 0.1) is 36.5 Å². The zero-order valence-corrected chi connectivity index (χ0v) is 20.2. The highest BCUT2D eigenvalue weighted by molar-refractivity contribution is 7.89. The SMILES string of the molecule is COc1ccc(S(=O)(=O)N2CCOCC2)cc1NC(=O)COc1ccc(C)c2c1C(=O)CC2C. The number of morpholine rings is 1. The number of hydrogen-bond donors (Lipinski definition) is 1. The third-order valence-corrected chi connectivity index (χ3v) is 7.99. The van der Waals surface area contributed by atoms with Crippen molar-refractivity contribution in [2.24, 2.45) is 0 Å². The predicted molar refractivity (Wildman–Crippen MR) is 125 cm³/mol. The van der Waals surface area contributed by atoms with Gasteiger partial charge < -0.3 is 19.5 Å². The minimum atomic E-state index is -3.75. The molecule has 1 unspecified atom stereocenters. The van der Waals surface area contributed by atoms with E-state index in [-0.39, 0.29) is 42.0 Å². The van der Waals surface area contributed by atoms with Gasteiger partial charge >= 0.3 is 0 Å². The van der Waals surface area contributed by atoms with E-state index in [1.165, 1.54) is 29.6 Å². The van der Waals surface area contributed by atoms with E-state index in [0.717, 1.165) is 11.1 Å². The maximum atomic E-state index is 13.0. The Bertz CT molecular complexity index is 1220. The molecule has 1 fully saturated rings. The first-order valence-electron chi connectivity index (χ1n) is 11.1. The summed E-state index contributed by atoms with van der Waals surface area (Å²) < 4.78 is 43.6. The van der Waals surface area contributed by atoms with Crippen molar-refractivity contribution in [1.82, 2.24) is 4.31 Å². The second kappa shape index (κ2) is 9.73. The van der Waals surface area contributed by atoms with Crippen LogP contribution in [-0.4, -0.2) is 64.4 Å². The number of methoxy groups -OCH3 is 1. The third kappa shape index (κ3) is 4.66. The van der Waals surface area contributed by atoms with Crippen LogP contribution >= 0.6 is 0 Å². The maximum Gasteiger partial charge on any atom is 0.262 e. The van der Waals surface area contributed by atoms with Crippen molar-refractivity contribution in [1.29, 1.82) is 0 Å². The molecule has 1 saturated heterocycles. The number of anilines is 1. The van der Waals surface area contributed by atoms with Gasteiger partial charge in [0.2, 0.25) is 10.0 Å². The average molecular weight is 489 g/mol.